The van der Waals surface area contributed by atoms with Crippen molar-refractivity contribution in [1.82, 2.24) is 9.97 Å². The van der Waals surface area contributed by atoms with Crippen molar-refractivity contribution in [2.24, 2.45) is 0 Å². The highest BCUT2D eigenvalue weighted by Gasteiger charge is 2.11. The number of rotatable bonds is 1. The zero-order chi connectivity index (χ0) is 15.9. The van der Waals surface area contributed by atoms with E-state index in [0.29, 0.717) is 0 Å². The summed E-state index contributed by atoms with van der Waals surface area (Å²) < 4.78 is 0. The molecule has 0 N–H and O–H groups in total. The van der Waals surface area contributed by atoms with Crippen LogP contribution in [0.5, 0.6) is 0 Å². The molecule has 0 amide bonds. The van der Waals surface area contributed by atoms with Gasteiger partial charge < -0.3 is 0 Å². The predicted octanol–water partition coefficient (Wildman–Crippen LogP) is 5.60. The first-order valence-electron chi connectivity index (χ1n) is 8.04. The normalized spacial score (nSPS) is 11.3. The Morgan fingerprint density at radius 3 is 1.92 bits per heavy atom. The number of nitrogens with zero attached hydrogens (tertiary/aromatic N) is 2. The van der Waals surface area contributed by atoms with Gasteiger partial charge in [-0.15, -0.1) is 0 Å². The van der Waals surface area contributed by atoms with Gasteiger partial charge in [-0.1, -0.05) is 66.7 Å². The first-order chi connectivity index (χ1) is 11.9. The van der Waals surface area contributed by atoms with Crippen LogP contribution >= 0.6 is 0 Å². The lowest BCUT2D eigenvalue weighted by molar-refractivity contribution is 1.41. The monoisotopic (exact) mass is 306 g/mol. The number of aromatic nitrogens is 2. The van der Waals surface area contributed by atoms with Crippen LogP contribution in [-0.4, -0.2) is 9.97 Å². The van der Waals surface area contributed by atoms with Crippen molar-refractivity contribution in [2.45, 2.75) is 0 Å². The average molecular weight is 306 g/mol. The molecule has 0 aliphatic rings. The molecule has 0 fully saturated rings. The van der Waals surface area contributed by atoms with Gasteiger partial charge in [0.2, 0.25) is 0 Å². The van der Waals surface area contributed by atoms with Crippen LogP contribution in [0.25, 0.3) is 44.0 Å². The summed E-state index contributed by atoms with van der Waals surface area (Å²) in [4.78, 5) is 9.73. The second-order valence-electron chi connectivity index (χ2n) is 5.92. The Kier molecular flexibility index (Phi) is 2.83. The molecule has 2 nitrogen and oxygen atoms in total. The zero-order valence-corrected chi connectivity index (χ0v) is 13.0. The maximum atomic E-state index is 4.88. The van der Waals surface area contributed by atoms with E-state index in [1.54, 1.807) is 0 Å². The topological polar surface area (TPSA) is 25.8 Å². The summed E-state index contributed by atoms with van der Waals surface area (Å²) in [6, 6.07) is 29.1. The molecule has 0 aliphatic heterocycles. The third-order valence-corrected chi connectivity index (χ3v) is 4.44. The predicted molar refractivity (Wildman–Crippen MR) is 100.0 cm³/mol. The highest BCUT2D eigenvalue weighted by atomic mass is 14.8. The number of fused-ring (bicyclic) bond motifs is 4. The first kappa shape index (κ1) is 13.2. The van der Waals surface area contributed by atoms with Crippen molar-refractivity contribution in [3.05, 3.63) is 84.9 Å². The van der Waals surface area contributed by atoms with Crippen LogP contribution in [0.15, 0.2) is 84.9 Å². The van der Waals surface area contributed by atoms with Gasteiger partial charge in [-0.3, -0.25) is 0 Å². The summed E-state index contributed by atoms with van der Waals surface area (Å²) in [7, 11) is 0. The van der Waals surface area contributed by atoms with E-state index in [2.05, 4.69) is 54.6 Å². The number of para-hydroxylation sites is 2. The van der Waals surface area contributed by atoms with E-state index in [0.717, 1.165) is 27.5 Å². The van der Waals surface area contributed by atoms with E-state index in [1.807, 2.05) is 30.3 Å². The fourth-order valence-corrected chi connectivity index (χ4v) is 3.31. The van der Waals surface area contributed by atoms with Gasteiger partial charge in [0.15, 0.2) is 0 Å². The smallest absolute Gasteiger partial charge is 0.0973 e. The summed E-state index contributed by atoms with van der Waals surface area (Å²) in [5.74, 6) is 0. The molecule has 2 heteroatoms. The quantitative estimate of drug-likeness (QED) is 0.297. The summed E-state index contributed by atoms with van der Waals surface area (Å²) in [6.07, 6.45) is 0. The van der Waals surface area contributed by atoms with Crippen LogP contribution in [0, 0.1) is 0 Å². The molecule has 0 bridgehead atoms. The molecule has 1 heterocycles. The molecule has 0 saturated carbocycles. The third kappa shape index (κ3) is 1.97. The lowest BCUT2D eigenvalue weighted by Gasteiger charge is -2.10. The summed E-state index contributed by atoms with van der Waals surface area (Å²) in [5.41, 5.74) is 6.16. The van der Waals surface area contributed by atoms with E-state index in [4.69, 9.17) is 9.97 Å². The molecule has 0 radical (unpaired) electrons. The minimum atomic E-state index is 0.930. The molecule has 0 unspecified atom stereocenters. The van der Waals surface area contributed by atoms with E-state index in [1.165, 1.54) is 16.5 Å². The molecule has 0 saturated heterocycles. The SMILES string of the molecule is c1ccc(-c2cc3nc4ccccc4nc3c3ccccc23)cc1. The standard InChI is InChI=1S/C22H14N2/c1-2-8-15(9-3-1)18-14-21-22(17-11-5-4-10-16(17)18)24-20-13-7-6-12-19(20)23-21/h1-14H. The number of hydrogen-bond acceptors (Lipinski definition) is 2. The molecule has 5 aromatic rings. The fourth-order valence-electron chi connectivity index (χ4n) is 3.31. The van der Waals surface area contributed by atoms with Gasteiger partial charge in [0, 0.05) is 5.39 Å². The minimum Gasteiger partial charge on any atom is -0.244 e. The second-order valence-corrected chi connectivity index (χ2v) is 5.92. The van der Waals surface area contributed by atoms with Crippen LogP contribution in [-0.2, 0) is 0 Å². The highest BCUT2D eigenvalue weighted by Crippen LogP contribution is 2.34. The molecule has 24 heavy (non-hydrogen) atoms. The summed E-state index contributed by atoms with van der Waals surface area (Å²) >= 11 is 0. The Labute approximate surface area is 139 Å². The first-order valence-corrected chi connectivity index (χ1v) is 8.04. The van der Waals surface area contributed by atoms with E-state index in [9.17, 15) is 0 Å². The molecule has 5 rings (SSSR count). The Balaban J connectivity index is 1.97. The number of benzene rings is 4. The zero-order valence-electron chi connectivity index (χ0n) is 13.0. The molecule has 0 aliphatic carbocycles. The summed E-state index contributed by atoms with van der Waals surface area (Å²) in [6.45, 7) is 0. The third-order valence-electron chi connectivity index (χ3n) is 4.44. The Hall–Kier alpha value is -3.26. The second kappa shape index (κ2) is 5.14. The van der Waals surface area contributed by atoms with Gasteiger partial charge in [-0.05, 0) is 34.7 Å². The highest BCUT2D eigenvalue weighted by molar-refractivity contribution is 6.12. The van der Waals surface area contributed by atoms with Crippen LogP contribution in [0.2, 0.25) is 0 Å². The average Bonchev–Trinajstić information content (AvgIpc) is 2.66. The van der Waals surface area contributed by atoms with Crippen LogP contribution < -0.4 is 0 Å². The molecular formula is C22H14N2. The van der Waals surface area contributed by atoms with Crippen molar-refractivity contribution in [2.75, 3.05) is 0 Å². The molecule has 0 spiro atoms. The minimum absolute atomic E-state index is 0.930. The van der Waals surface area contributed by atoms with Crippen LogP contribution in [0.4, 0.5) is 0 Å². The summed E-state index contributed by atoms with van der Waals surface area (Å²) in [5, 5.41) is 2.35. The molecule has 112 valence electrons. The van der Waals surface area contributed by atoms with Crippen molar-refractivity contribution < 1.29 is 0 Å². The van der Waals surface area contributed by atoms with Gasteiger partial charge in [-0.2, -0.15) is 0 Å². The van der Waals surface area contributed by atoms with Crippen molar-refractivity contribution in [1.29, 1.82) is 0 Å². The van der Waals surface area contributed by atoms with Gasteiger partial charge in [0.05, 0.1) is 22.1 Å². The van der Waals surface area contributed by atoms with Gasteiger partial charge in [0.25, 0.3) is 0 Å². The van der Waals surface area contributed by atoms with Crippen molar-refractivity contribution in [3.8, 4) is 11.1 Å². The maximum Gasteiger partial charge on any atom is 0.0973 e. The van der Waals surface area contributed by atoms with Crippen LogP contribution in [0.3, 0.4) is 0 Å². The lowest BCUT2D eigenvalue weighted by atomic mass is 9.97. The van der Waals surface area contributed by atoms with E-state index >= 15 is 0 Å². The fraction of sp³-hybridized carbons (Fsp3) is 0. The van der Waals surface area contributed by atoms with Gasteiger partial charge in [0.1, 0.15) is 0 Å². The Morgan fingerprint density at radius 2 is 1.12 bits per heavy atom. The lowest BCUT2D eigenvalue weighted by Crippen LogP contribution is -1.91. The Morgan fingerprint density at radius 1 is 0.500 bits per heavy atom. The maximum absolute atomic E-state index is 4.88. The molecular weight excluding hydrogens is 292 g/mol. The molecule has 4 aromatic carbocycles. The van der Waals surface area contributed by atoms with Crippen molar-refractivity contribution in [3.63, 3.8) is 0 Å². The van der Waals surface area contributed by atoms with Gasteiger partial charge in [-0.25, -0.2) is 9.97 Å². The largest absolute Gasteiger partial charge is 0.244 e. The van der Waals surface area contributed by atoms with E-state index < -0.39 is 0 Å². The number of hydrogen-bond donors (Lipinski definition) is 0. The van der Waals surface area contributed by atoms with Crippen LogP contribution in [0.1, 0.15) is 0 Å². The van der Waals surface area contributed by atoms with E-state index in [-0.39, 0.29) is 0 Å². The molecule has 0 atom stereocenters. The van der Waals surface area contributed by atoms with Gasteiger partial charge >= 0.3 is 0 Å². The molecule has 1 aromatic heterocycles. The van der Waals surface area contributed by atoms with Crippen molar-refractivity contribution >= 4 is 32.8 Å². The Bertz CT molecular complexity index is 1190.